The highest BCUT2D eigenvalue weighted by Crippen LogP contribution is 2.30. The van der Waals surface area contributed by atoms with E-state index in [1.165, 1.54) is 0 Å². The van der Waals surface area contributed by atoms with Gasteiger partial charge in [0.1, 0.15) is 17.2 Å². The molecule has 2 heterocycles. The molecule has 4 N–H and O–H groups in total. The lowest BCUT2D eigenvalue weighted by atomic mass is 10.2. The number of ether oxygens (including phenoxy) is 1. The molecule has 0 radical (unpaired) electrons. The summed E-state index contributed by atoms with van der Waals surface area (Å²) in [6, 6.07) is 7.98. The maximum Gasteiger partial charge on any atom is 0.320 e. The number of urea groups is 1. The summed E-state index contributed by atoms with van der Waals surface area (Å²) in [6.07, 6.45) is 3.27. The Labute approximate surface area is 180 Å². The number of aromatic nitrogens is 2. The van der Waals surface area contributed by atoms with Crippen molar-refractivity contribution in [3.8, 4) is 5.88 Å². The summed E-state index contributed by atoms with van der Waals surface area (Å²) < 4.78 is 9.63. The minimum absolute atomic E-state index is 0.000148. The normalized spacial score (nSPS) is 10.4. The standard InChI is InChI=1S/C18H15Cl2N5O3S/c19-12-4-11(5-13(20)6-12)8-23-18(27)24-17-14(15(21)26)16(25-29-17)28-9-10-2-1-3-22-7-10/h1-7H,8-9H2,(H2,21,26)(H2,23,24,27). The molecule has 0 unspecified atom stereocenters. The lowest BCUT2D eigenvalue weighted by molar-refractivity contribution is 0.0996. The van der Waals surface area contributed by atoms with Crippen LogP contribution < -0.4 is 21.1 Å². The highest BCUT2D eigenvalue weighted by molar-refractivity contribution is 7.11. The maximum absolute atomic E-state index is 12.2. The number of carbonyl (C=O) groups excluding carboxylic acids is 2. The molecule has 0 bridgehead atoms. The Balaban J connectivity index is 1.64. The number of amides is 3. The summed E-state index contributed by atoms with van der Waals surface area (Å²) in [6.45, 7) is 0.334. The monoisotopic (exact) mass is 451 g/mol. The quantitative estimate of drug-likeness (QED) is 0.503. The molecule has 0 fully saturated rings. The fourth-order valence-electron chi connectivity index (χ4n) is 2.35. The summed E-state index contributed by atoms with van der Waals surface area (Å²) in [5.74, 6) is -0.722. The van der Waals surface area contributed by atoms with Gasteiger partial charge in [-0.05, 0) is 41.4 Å². The smallest absolute Gasteiger partial charge is 0.320 e. The third-order valence-electron chi connectivity index (χ3n) is 3.61. The lowest BCUT2D eigenvalue weighted by Gasteiger charge is -2.08. The number of nitrogens with zero attached hydrogens (tertiary/aromatic N) is 2. The number of halogens is 2. The second kappa shape index (κ2) is 9.55. The van der Waals surface area contributed by atoms with E-state index in [-0.39, 0.29) is 29.6 Å². The third-order valence-corrected chi connectivity index (χ3v) is 4.79. The number of benzene rings is 1. The number of anilines is 1. The van der Waals surface area contributed by atoms with Gasteiger partial charge in [0, 0.05) is 34.5 Å². The van der Waals surface area contributed by atoms with Gasteiger partial charge in [-0.15, -0.1) is 0 Å². The summed E-state index contributed by atoms with van der Waals surface area (Å²) in [5.41, 5.74) is 6.95. The molecule has 3 rings (SSSR count). The van der Waals surface area contributed by atoms with Crippen molar-refractivity contribution in [2.45, 2.75) is 13.2 Å². The summed E-state index contributed by atoms with van der Waals surface area (Å²) in [7, 11) is 0. The number of pyridine rings is 1. The molecule has 0 atom stereocenters. The second-order valence-electron chi connectivity index (χ2n) is 5.79. The van der Waals surface area contributed by atoms with Gasteiger partial charge in [0.15, 0.2) is 0 Å². The molecule has 0 saturated heterocycles. The Bertz CT molecular complexity index is 1010. The highest BCUT2D eigenvalue weighted by Gasteiger charge is 2.22. The molecule has 0 saturated carbocycles. The molecule has 8 nitrogen and oxygen atoms in total. The van der Waals surface area contributed by atoms with Crippen LogP contribution in [-0.4, -0.2) is 21.3 Å². The number of nitrogens with two attached hydrogens (primary N) is 1. The number of primary amides is 1. The van der Waals surface area contributed by atoms with Crippen molar-refractivity contribution in [1.82, 2.24) is 14.7 Å². The first kappa shape index (κ1) is 20.8. The van der Waals surface area contributed by atoms with Crippen LogP contribution in [0.4, 0.5) is 9.80 Å². The molecule has 0 aliphatic carbocycles. The molecule has 150 valence electrons. The summed E-state index contributed by atoms with van der Waals surface area (Å²) >= 11 is 12.8. The average molecular weight is 452 g/mol. The highest BCUT2D eigenvalue weighted by atomic mass is 35.5. The van der Waals surface area contributed by atoms with Crippen molar-refractivity contribution < 1.29 is 14.3 Å². The number of carbonyl (C=O) groups is 2. The molecule has 11 heteroatoms. The fourth-order valence-corrected chi connectivity index (χ4v) is 3.66. The van der Waals surface area contributed by atoms with Crippen molar-refractivity contribution in [3.05, 3.63) is 69.5 Å². The molecule has 0 aliphatic heterocycles. The predicted octanol–water partition coefficient (Wildman–Crippen LogP) is 3.84. The Morgan fingerprint density at radius 3 is 2.59 bits per heavy atom. The van der Waals surface area contributed by atoms with E-state index in [1.54, 1.807) is 36.7 Å². The van der Waals surface area contributed by atoms with E-state index >= 15 is 0 Å². The van der Waals surface area contributed by atoms with Crippen LogP contribution in [0, 0.1) is 0 Å². The number of hydrogen-bond acceptors (Lipinski definition) is 6. The first-order chi connectivity index (χ1) is 13.9. The van der Waals surface area contributed by atoms with Crippen LogP contribution in [0.2, 0.25) is 10.0 Å². The molecule has 3 aromatic rings. The Morgan fingerprint density at radius 1 is 1.17 bits per heavy atom. The average Bonchev–Trinajstić information content (AvgIpc) is 3.07. The van der Waals surface area contributed by atoms with Gasteiger partial charge in [0.2, 0.25) is 5.88 Å². The van der Waals surface area contributed by atoms with Crippen LogP contribution in [0.3, 0.4) is 0 Å². The van der Waals surface area contributed by atoms with E-state index in [4.69, 9.17) is 33.7 Å². The first-order valence-electron chi connectivity index (χ1n) is 8.23. The van der Waals surface area contributed by atoms with E-state index in [0.717, 1.165) is 22.7 Å². The molecule has 3 amide bonds. The number of hydrogen-bond donors (Lipinski definition) is 3. The van der Waals surface area contributed by atoms with Crippen molar-refractivity contribution in [2.24, 2.45) is 5.73 Å². The fraction of sp³-hybridized carbons (Fsp3) is 0.111. The van der Waals surface area contributed by atoms with Crippen LogP contribution in [0.5, 0.6) is 5.88 Å². The Hall–Kier alpha value is -2.88. The molecule has 0 spiro atoms. The van der Waals surface area contributed by atoms with Gasteiger partial charge in [-0.3, -0.25) is 15.1 Å². The Morgan fingerprint density at radius 2 is 1.93 bits per heavy atom. The number of nitrogens with one attached hydrogen (secondary N) is 2. The van der Waals surface area contributed by atoms with Crippen LogP contribution in [0.1, 0.15) is 21.5 Å². The predicted molar refractivity (Wildman–Crippen MR) is 112 cm³/mol. The lowest BCUT2D eigenvalue weighted by Crippen LogP contribution is -2.28. The Kier molecular flexibility index (Phi) is 6.86. The van der Waals surface area contributed by atoms with Gasteiger partial charge < -0.3 is 15.8 Å². The van der Waals surface area contributed by atoms with Crippen LogP contribution in [0.15, 0.2) is 42.7 Å². The van der Waals surface area contributed by atoms with E-state index in [1.807, 2.05) is 6.07 Å². The zero-order valence-corrected chi connectivity index (χ0v) is 17.1. The zero-order chi connectivity index (χ0) is 20.8. The van der Waals surface area contributed by atoms with Gasteiger partial charge in [0.25, 0.3) is 5.91 Å². The first-order valence-corrected chi connectivity index (χ1v) is 9.76. The zero-order valence-electron chi connectivity index (χ0n) is 14.8. The second-order valence-corrected chi connectivity index (χ2v) is 7.44. The summed E-state index contributed by atoms with van der Waals surface area (Å²) in [4.78, 5) is 28.0. The SMILES string of the molecule is NC(=O)c1c(OCc2cccnc2)nsc1NC(=O)NCc1cc(Cl)cc(Cl)c1. The van der Waals surface area contributed by atoms with E-state index in [2.05, 4.69) is 20.0 Å². The molecule has 2 aromatic heterocycles. The van der Waals surface area contributed by atoms with Gasteiger partial charge in [-0.1, -0.05) is 29.3 Å². The minimum atomic E-state index is -0.767. The van der Waals surface area contributed by atoms with Crippen molar-refractivity contribution in [3.63, 3.8) is 0 Å². The van der Waals surface area contributed by atoms with Gasteiger partial charge >= 0.3 is 6.03 Å². The van der Waals surface area contributed by atoms with Gasteiger partial charge in [-0.25, -0.2) is 4.79 Å². The maximum atomic E-state index is 12.2. The topological polar surface area (TPSA) is 119 Å². The van der Waals surface area contributed by atoms with Crippen molar-refractivity contribution in [2.75, 3.05) is 5.32 Å². The largest absolute Gasteiger partial charge is 0.472 e. The molecule has 29 heavy (non-hydrogen) atoms. The molecular formula is C18H15Cl2N5O3S. The van der Waals surface area contributed by atoms with Crippen molar-refractivity contribution >= 4 is 51.7 Å². The molecular weight excluding hydrogens is 437 g/mol. The van der Waals surface area contributed by atoms with E-state index in [0.29, 0.717) is 10.0 Å². The van der Waals surface area contributed by atoms with E-state index in [9.17, 15) is 9.59 Å². The van der Waals surface area contributed by atoms with Crippen LogP contribution >= 0.6 is 34.7 Å². The van der Waals surface area contributed by atoms with E-state index < -0.39 is 11.9 Å². The summed E-state index contributed by atoms with van der Waals surface area (Å²) in [5, 5.41) is 6.31. The molecule has 1 aromatic carbocycles. The van der Waals surface area contributed by atoms with Crippen LogP contribution in [0.25, 0.3) is 0 Å². The van der Waals surface area contributed by atoms with Gasteiger partial charge in [-0.2, -0.15) is 4.37 Å². The van der Waals surface area contributed by atoms with Crippen molar-refractivity contribution in [1.29, 1.82) is 0 Å². The van der Waals surface area contributed by atoms with Crippen LogP contribution in [-0.2, 0) is 13.2 Å². The molecule has 0 aliphatic rings. The number of rotatable bonds is 7. The third kappa shape index (κ3) is 5.80. The minimum Gasteiger partial charge on any atom is -0.472 e. The van der Waals surface area contributed by atoms with Gasteiger partial charge in [0.05, 0.1) is 0 Å².